The van der Waals surface area contributed by atoms with Crippen LogP contribution < -0.4 is 26.1 Å². The molecular weight excluding hydrogens is 486 g/mol. The molecule has 210 valence electrons. The van der Waals surface area contributed by atoms with Crippen LogP contribution in [0.4, 0.5) is 0 Å². The minimum atomic E-state index is -0.839. The van der Waals surface area contributed by atoms with Crippen LogP contribution in [0.15, 0.2) is 36.9 Å². The SMILES string of the molecule is C=CCOc1cccc([C@H](NC(=O)[C@@H]2CCCN(C(=O)[C@H](C)NC(=O)[C@@H](NC(C)=O)C(C)C)N2)C(C)C)c1. The van der Waals surface area contributed by atoms with Gasteiger partial charge in [0.1, 0.15) is 30.5 Å². The lowest BCUT2D eigenvalue weighted by molar-refractivity contribution is -0.143. The van der Waals surface area contributed by atoms with Crippen LogP contribution in [0.2, 0.25) is 0 Å². The first kappa shape index (κ1) is 30.8. The number of nitrogens with zero attached hydrogens (tertiary/aromatic N) is 1. The van der Waals surface area contributed by atoms with E-state index in [1.54, 1.807) is 13.0 Å². The molecule has 10 heteroatoms. The summed E-state index contributed by atoms with van der Waals surface area (Å²) >= 11 is 0. The molecule has 1 aliphatic heterocycles. The van der Waals surface area contributed by atoms with E-state index >= 15 is 0 Å². The molecule has 0 spiro atoms. The molecule has 1 aromatic rings. The summed E-state index contributed by atoms with van der Waals surface area (Å²) in [4.78, 5) is 50.5. The Hall–Kier alpha value is -3.40. The largest absolute Gasteiger partial charge is 0.490 e. The van der Waals surface area contributed by atoms with Crippen LogP contribution in [0.5, 0.6) is 5.75 Å². The summed E-state index contributed by atoms with van der Waals surface area (Å²) in [5.41, 5.74) is 3.97. The maximum Gasteiger partial charge on any atom is 0.258 e. The van der Waals surface area contributed by atoms with E-state index in [1.165, 1.54) is 11.9 Å². The molecule has 0 bridgehead atoms. The van der Waals surface area contributed by atoms with Crippen LogP contribution in [-0.4, -0.2) is 59.9 Å². The molecule has 38 heavy (non-hydrogen) atoms. The second-order valence-electron chi connectivity index (χ2n) is 10.4. The molecule has 1 aliphatic rings. The van der Waals surface area contributed by atoms with Gasteiger partial charge in [-0.2, -0.15) is 0 Å². The molecule has 0 aromatic heterocycles. The highest BCUT2D eigenvalue weighted by Gasteiger charge is 2.33. The van der Waals surface area contributed by atoms with Gasteiger partial charge in [-0.1, -0.05) is 52.5 Å². The van der Waals surface area contributed by atoms with Gasteiger partial charge >= 0.3 is 0 Å². The topological polar surface area (TPSA) is 129 Å². The molecular formula is C28H43N5O5. The van der Waals surface area contributed by atoms with E-state index in [-0.39, 0.29) is 35.6 Å². The Balaban J connectivity index is 2.04. The van der Waals surface area contributed by atoms with Crippen molar-refractivity contribution in [1.29, 1.82) is 0 Å². The average molecular weight is 530 g/mol. The van der Waals surface area contributed by atoms with Gasteiger partial charge in [0.25, 0.3) is 5.91 Å². The highest BCUT2D eigenvalue weighted by atomic mass is 16.5. The zero-order chi connectivity index (χ0) is 28.4. The second-order valence-corrected chi connectivity index (χ2v) is 10.4. The van der Waals surface area contributed by atoms with Crippen LogP contribution in [0.3, 0.4) is 0 Å². The van der Waals surface area contributed by atoms with Crippen molar-refractivity contribution >= 4 is 23.6 Å². The Morgan fingerprint density at radius 2 is 1.82 bits per heavy atom. The minimum Gasteiger partial charge on any atom is -0.490 e. The first-order valence-electron chi connectivity index (χ1n) is 13.2. The monoisotopic (exact) mass is 529 g/mol. The van der Waals surface area contributed by atoms with Gasteiger partial charge in [0.2, 0.25) is 17.7 Å². The average Bonchev–Trinajstić information content (AvgIpc) is 2.88. The van der Waals surface area contributed by atoms with Gasteiger partial charge in [0, 0.05) is 13.5 Å². The third-order valence-corrected chi connectivity index (χ3v) is 6.36. The number of rotatable bonds is 12. The Morgan fingerprint density at radius 1 is 1.11 bits per heavy atom. The van der Waals surface area contributed by atoms with Crippen molar-refractivity contribution in [2.45, 2.75) is 78.6 Å². The molecule has 0 unspecified atom stereocenters. The zero-order valence-electron chi connectivity index (χ0n) is 23.4. The fourth-order valence-electron chi connectivity index (χ4n) is 4.33. The number of hydrogen-bond donors (Lipinski definition) is 4. The number of carbonyl (C=O) groups is 4. The summed E-state index contributed by atoms with van der Waals surface area (Å²) < 4.78 is 5.65. The van der Waals surface area contributed by atoms with Gasteiger partial charge in [0.15, 0.2) is 0 Å². The van der Waals surface area contributed by atoms with Crippen LogP contribution in [0, 0.1) is 11.8 Å². The summed E-state index contributed by atoms with van der Waals surface area (Å²) in [6.07, 6.45) is 2.88. The van der Waals surface area contributed by atoms with Gasteiger partial charge in [-0.25, -0.2) is 5.43 Å². The Morgan fingerprint density at radius 3 is 2.42 bits per heavy atom. The van der Waals surface area contributed by atoms with E-state index in [1.807, 2.05) is 52.0 Å². The highest BCUT2D eigenvalue weighted by molar-refractivity contribution is 5.92. The molecule has 4 atom stereocenters. The normalized spacial score (nSPS) is 17.8. The Labute approximate surface area is 225 Å². The maximum atomic E-state index is 13.3. The zero-order valence-corrected chi connectivity index (χ0v) is 23.4. The number of hydrazine groups is 1. The van der Waals surface area contributed by atoms with E-state index in [9.17, 15) is 19.2 Å². The smallest absolute Gasteiger partial charge is 0.258 e. The molecule has 0 saturated carbocycles. The Kier molecular flexibility index (Phi) is 11.8. The van der Waals surface area contributed by atoms with E-state index in [2.05, 4.69) is 28.0 Å². The number of carbonyl (C=O) groups excluding carboxylic acids is 4. The quantitative estimate of drug-likeness (QED) is 0.308. The second kappa shape index (κ2) is 14.5. The van der Waals surface area contributed by atoms with Crippen molar-refractivity contribution in [2.75, 3.05) is 13.2 Å². The molecule has 1 saturated heterocycles. The van der Waals surface area contributed by atoms with Crippen LogP contribution >= 0.6 is 0 Å². The molecule has 1 fully saturated rings. The van der Waals surface area contributed by atoms with Crippen LogP contribution in [-0.2, 0) is 19.2 Å². The number of nitrogens with one attached hydrogen (secondary N) is 4. The fourth-order valence-corrected chi connectivity index (χ4v) is 4.33. The van der Waals surface area contributed by atoms with Crippen LogP contribution in [0.1, 0.15) is 66.0 Å². The van der Waals surface area contributed by atoms with Crippen LogP contribution in [0.25, 0.3) is 0 Å². The molecule has 1 heterocycles. The summed E-state index contributed by atoms with van der Waals surface area (Å²) in [5, 5.41) is 9.84. The molecule has 1 aromatic carbocycles. The molecule has 0 radical (unpaired) electrons. The standard InChI is InChI=1S/C28H43N5O5/c1-8-15-38-22-12-9-11-21(16-22)24(17(2)3)31-26(35)23-13-10-14-33(32-23)28(37)19(6)29-27(36)25(18(4)5)30-20(7)34/h8-9,11-12,16-19,23-25,32H,1,10,13-15H2,2-7H3,(H,29,36)(H,30,34)(H,31,35)/t19-,23-,24+,25-/m0/s1. The molecule has 10 nitrogen and oxygen atoms in total. The summed E-state index contributed by atoms with van der Waals surface area (Å²) in [6, 6.07) is 5.18. The molecule has 4 N–H and O–H groups in total. The molecule has 4 amide bonds. The number of hydrogen-bond acceptors (Lipinski definition) is 6. The summed E-state index contributed by atoms with van der Waals surface area (Å²) in [5.74, 6) is -0.645. The van der Waals surface area contributed by atoms with Crippen molar-refractivity contribution < 1.29 is 23.9 Å². The predicted octanol–water partition coefficient (Wildman–Crippen LogP) is 2.23. The third-order valence-electron chi connectivity index (χ3n) is 6.36. The lowest BCUT2D eigenvalue weighted by atomic mass is 9.95. The van der Waals surface area contributed by atoms with Gasteiger partial charge in [-0.05, 0) is 49.3 Å². The van der Waals surface area contributed by atoms with Crippen molar-refractivity contribution in [3.63, 3.8) is 0 Å². The van der Waals surface area contributed by atoms with E-state index in [4.69, 9.17) is 4.74 Å². The molecule has 0 aliphatic carbocycles. The Bertz CT molecular complexity index is 996. The number of amides is 4. The van der Waals surface area contributed by atoms with Gasteiger partial charge < -0.3 is 20.7 Å². The van der Waals surface area contributed by atoms with Gasteiger partial charge in [-0.3, -0.25) is 24.2 Å². The van der Waals surface area contributed by atoms with E-state index in [0.717, 1.165) is 5.56 Å². The van der Waals surface area contributed by atoms with Crippen molar-refractivity contribution in [3.05, 3.63) is 42.5 Å². The van der Waals surface area contributed by atoms with Crippen molar-refractivity contribution in [2.24, 2.45) is 11.8 Å². The van der Waals surface area contributed by atoms with Crippen molar-refractivity contribution in [3.8, 4) is 5.75 Å². The number of ether oxygens (including phenoxy) is 1. The highest BCUT2D eigenvalue weighted by Crippen LogP contribution is 2.26. The predicted molar refractivity (Wildman–Crippen MR) is 146 cm³/mol. The summed E-state index contributed by atoms with van der Waals surface area (Å²) in [7, 11) is 0. The molecule has 2 rings (SSSR count). The van der Waals surface area contributed by atoms with E-state index < -0.39 is 24.0 Å². The maximum absolute atomic E-state index is 13.3. The fraction of sp³-hybridized carbons (Fsp3) is 0.571. The number of benzene rings is 1. The van der Waals surface area contributed by atoms with Crippen molar-refractivity contribution in [1.82, 2.24) is 26.4 Å². The summed E-state index contributed by atoms with van der Waals surface area (Å²) in [6.45, 7) is 15.1. The first-order valence-corrected chi connectivity index (χ1v) is 13.2. The van der Waals surface area contributed by atoms with Gasteiger partial charge in [0.05, 0.1) is 6.04 Å². The third kappa shape index (κ3) is 8.86. The lowest BCUT2D eigenvalue weighted by Gasteiger charge is -2.36. The minimum absolute atomic E-state index is 0.114. The lowest BCUT2D eigenvalue weighted by Crippen LogP contribution is -2.62. The van der Waals surface area contributed by atoms with E-state index in [0.29, 0.717) is 31.7 Å². The first-order chi connectivity index (χ1) is 17.9. The van der Waals surface area contributed by atoms with Gasteiger partial charge in [-0.15, -0.1) is 0 Å².